The van der Waals surface area contributed by atoms with Gasteiger partial charge in [0.25, 0.3) is 0 Å². The molecule has 0 spiro atoms. The Balaban J connectivity index is 1.47. The minimum atomic E-state index is -6.15. The van der Waals surface area contributed by atoms with Crippen LogP contribution < -0.4 is 0 Å². The van der Waals surface area contributed by atoms with Crippen LogP contribution in [0.15, 0.2) is 0 Å². The summed E-state index contributed by atoms with van der Waals surface area (Å²) < 4.78 is 65.9. The Bertz CT molecular complexity index is 525. The zero-order valence-electron chi connectivity index (χ0n) is 13.4. The molecular weight excluding hydrogens is 362 g/mol. The average Bonchev–Trinajstić information content (AvgIpc) is 2.48. The third-order valence-corrected chi connectivity index (χ3v) is 6.37. The van der Waals surface area contributed by atoms with Crippen LogP contribution >= 0.6 is 10.9 Å². The molecule has 4 fully saturated rings. The third kappa shape index (κ3) is 3.49. The largest absolute Gasteiger partial charge is 0.830 e. The van der Waals surface area contributed by atoms with Gasteiger partial charge < -0.3 is 34.0 Å². The summed E-state index contributed by atoms with van der Waals surface area (Å²) >= 11 is 0. The first-order valence-electron chi connectivity index (χ1n) is 8.21. The van der Waals surface area contributed by atoms with Crippen molar-refractivity contribution < 1.29 is 41.5 Å². The van der Waals surface area contributed by atoms with Gasteiger partial charge >= 0.3 is 17.2 Å². The van der Waals surface area contributed by atoms with Crippen molar-refractivity contribution in [3.05, 3.63) is 0 Å². The number of ether oxygens (including phenoxy) is 2. The number of rotatable bonds is 6. The predicted molar refractivity (Wildman–Crippen MR) is 77.4 cm³/mol. The Morgan fingerprint density at radius 3 is 1.84 bits per heavy atom. The van der Waals surface area contributed by atoms with Gasteiger partial charge in [0.05, 0.1) is 5.41 Å². The summed E-state index contributed by atoms with van der Waals surface area (Å²) in [6.07, 6.45) is 5.73. The van der Waals surface area contributed by atoms with Gasteiger partial charge in [-0.3, -0.25) is 4.79 Å². The van der Waals surface area contributed by atoms with Crippen LogP contribution in [0.25, 0.3) is 0 Å². The normalized spacial score (nSPS) is 34.7. The number of halogens is 2. The lowest BCUT2D eigenvalue weighted by molar-refractivity contribution is -0.176. The highest BCUT2D eigenvalue weighted by atomic mass is 32.3. The molecule has 0 radical (unpaired) electrons. The number of alkyl halides is 2. The molecule has 0 amide bonds. The molecule has 0 atom stereocenters. The summed E-state index contributed by atoms with van der Waals surface area (Å²) in [5.41, 5.74) is -0.527. The molecule has 0 aromatic heterocycles. The van der Waals surface area contributed by atoms with E-state index in [0.29, 0.717) is 17.8 Å². The van der Waals surface area contributed by atoms with Gasteiger partial charge in [-0.2, -0.15) is 8.78 Å². The lowest BCUT2D eigenvalue weighted by Crippen LogP contribution is -2.50. The fraction of sp³-hybridized carbons (Fsp3) is 0.867. The van der Waals surface area contributed by atoms with Crippen molar-refractivity contribution in [3.63, 3.8) is 0 Å². The second kappa shape index (κ2) is 6.33. The summed E-state index contributed by atoms with van der Waals surface area (Å²) in [5, 5.41) is -5.16. The summed E-state index contributed by atoms with van der Waals surface area (Å²) in [6.45, 7) is -1.19. The highest BCUT2D eigenvalue weighted by Gasteiger charge is 2.55. The van der Waals surface area contributed by atoms with Gasteiger partial charge in [-0.15, -0.1) is 0 Å². The monoisotopic (exact) mass is 381 g/mol. The molecule has 4 bridgehead atoms. The first-order chi connectivity index (χ1) is 11.5. The van der Waals surface area contributed by atoms with E-state index < -0.39 is 46.7 Å². The van der Waals surface area contributed by atoms with E-state index in [1.807, 2.05) is 0 Å². The topological polar surface area (TPSA) is 122 Å². The highest BCUT2D eigenvalue weighted by molar-refractivity contribution is 8.20. The molecular formula is C15H19F2O7S-3. The molecule has 10 heteroatoms. The Kier molecular flexibility index (Phi) is 4.76. The molecule has 0 N–H and O–H groups in total. The zero-order chi connectivity index (χ0) is 18.5. The van der Waals surface area contributed by atoms with Gasteiger partial charge in [-0.1, -0.05) is 0 Å². The summed E-state index contributed by atoms with van der Waals surface area (Å²) in [7, 11) is -6.15. The number of hydrogen-bond acceptors (Lipinski definition) is 7. The SMILES string of the molecule is O=C(OCCOC(=O)C(F)(F)S([O-])([O-])[O-])C12CC3CC(CC(C3)C1)C2. The van der Waals surface area contributed by atoms with Crippen LogP contribution in [0, 0.1) is 23.2 Å². The van der Waals surface area contributed by atoms with E-state index in [2.05, 4.69) is 4.74 Å². The second-order valence-corrected chi connectivity index (χ2v) is 8.86. The fourth-order valence-corrected chi connectivity index (χ4v) is 5.23. The molecule has 0 saturated heterocycles. The smallest absolute Gasteiger partial charge is 0.383 e. The maximum absolute atomic E-state index is 12.9. The van der Waals surface area contributed by atoms with E-state index >= 15 is 0 Å². The van der Waals surface area contributed by atoms with Crippen LogP contribution in [0.4, 0.5) is 8.78 Å². The molecule has 0 aromatic rings. The number of carbonyl (C=O) groups excluding carboxylic acids is 2. The quantitative estimate of drug-likeness (QED) is 0.510. The predicted octanol–water partition coefficient (Wildman–Crippen LogP) is 2.08. The average molecular weight is 381 g/mol. The van der Waals surface area contributed by atoms with Crippen LogP contribution in [0.1, 0.15) is 38.5 Å². The Labute approximate surface area is 145 Å². The van der Waals surface area contributed by atoms with E-state index in [0.717, 1.165) is 38.5 Å². The molecule has 144 valence electrons. The second-order valence-electron chi connectivity index (χ2n) is 7.44. The van der Waals surface area contributed by atoms with Crippen molar-refractivity contribution in [2.45, 2.75) is 43.8 Å². The van der Waals surface area contributed by atoms with Gasteiger partial charge in [0.15, 0.2) is 0 Å². The van der Waals surface area contributed by atoms with E-state index in [4.69, 9.17) is 4.74 Å². The summed E-state index contributed by atoms with van der Waals surface area (Å²) in [4.78, 5) is 23.4. The van der Waals surface area contributed by atoms with E-state index in [-0.39, 0.29) is 0 Å². The fourth-order valence-electron chi connectivity index (χ4n) is 4.97. The Hall–Kier alpha value is -0.970. The van der Waals surface area contributed by atoms with Crippen molar-refractivity contribution in [2.75, 3.05) is 13.2 Å². The molecule has 0 heterocycles. The Morgan fingerprint density at radius 1 is 0.960 bits per heavy atom. The first kappa shape index (κ1) is 18.8. The van der Waals surface area contributed by atoms with Crippen LogP contribution in [0.2, 0.25) is 0 Å². The molecule has 4 aliphatic carbocycles. The van der Waals surface area contributed by atoms with Gasteiger partial charge in [-0.25, -0.2) is 4.79 Å². The minimum Gasteiger partial charge on any atom is -0.830 e. The Morgan fingerprint density at radius 2 is 1.40 bits per heavy atom. The lowest BCUT2D eigenvalue weighted by atomic mass is 9.49. The molecule has 0 aliphatic heterocycles. The van der Waals surface area contributed by atoms with Crippen molar-refractivity contribution >= 4 is 22.8 Å². The molecule has 0 aromatic carbocycles. The molecule has 4 aliphatic rings. The van der Waals surface area contributed by atoms with Crippen LogP contribution in [0.5, 0.6) is 0 Å². The van der Waals surface area contributed by atoms with Crippen LogP contribution in [-0.2, 0) is 19.1 Å². The maximum Gasteiger partial charge on any atom is 0.383 e. The van der Waals surface area contributed by atoms with Crippen molar-refractivity contribution in [3.8, 4) is 0 Å². The van der Waals surface area contributed by atoms with Gasteiger partial charge in [-0.05, 0) is 56.3 Å². The molecule has 7 nitrogen and oxygen atoms in total. The van der Waals surface area contributed by atoms with E-state index in [1.54, 1.807) is 0 Å². The van der Waals surface area contributed by atoms with Crippen molar-refractivity contribution in [1.29, 1.82) is 0 Å². The molecule has 4 saturated carbocycles. The molecule has 4 rings (SSSR count). The van der Waals surface area contributed by atoms with E-state index in [9.17, 15) is 32.0 Å². The zero-order valence-corrected chi connectivity index (χ0v) is 14.2. The van der Waals surface area contributed by atoms with Crippen molar-refractivity contribution in [2.24, 2.45) is 23.2 Å². The van der Waals surface area contributed by atoms with E-state index in [1.165, 1.54) is 0 Å². The molecule has 25 heavy (non-hydrogen) atoms. The lowest BCUT2D eigenvalue weighted by Gasteiger charge is -2.65. The summed E-state index contributed by atoms with van der Waals surface area (Å²) in [6, 6.07) is 0. The first-order valence-corrected chi connectivity index (χ1v) is 9.62. The third-order valence-electron chi connectivity index (χ3n) is 5.57. The number of carbonyl (C=O) groups is 2. The van der Waals surface area contributed by atoms with Gasteiger partial charge in [0.2, 0.25) is 0 Å². The standard InChI is InChI=1S/C15H22F2O7S/c16-15(17,25(20,21)22)13(19)24-2-1-23-12(18)14-6-9-3-10(7-14)5-11(4-9)8-14/h9-11,20-22H,1-8H2/p-3. The van der Waals surface area contributed by atoms with Gasteiger partial charge in [0, 0.05) is 0 Å². The number of esters is 2. The maximum atomic E-state index is 12.9. The highest BCUT2D eigenvalue weighted by Crippen LogP contribution is 2.60. The van der Waals surface area contributed by atoms with Gasteiger partial charge in [0.1, 0.15) is 13.2 Å². The van der Waals surface area contributed by atoms with Crippen molar-refractivity contribution in [1.82, 2.24) is 0 Å². The van der Waals surface area contributed by atoms with Crippen LogP contribution in [0.3, 0.4) is 0 Å². The molecule has 0 unspecified atom stereocenters. The summed E-state index contributed by atoms with van der Waals surface area (Å²) in [5.74, 6) is -1.30. The minimum absolute atomic E-state index is 0.411. The van der Waals surface area contributed by atoms with Crippen LogP contribution in [-0.4, -0.2) is 44.1 Å². The number of hydrogen-bond donors (Lipinski definition) is 0.